The predicted octanol–water partition coefficient (Wildman–Crippen LogP) is 3.42. The van der Waals surface area contributed by atoms with Crippen molar-refractivity contribution in [2.45, 2.75) is 6.92 Å². The molecule has 0 fully saturated rings. The highest BCUT2D eigenvalue weighted by atomic mass is 14.9. The van der Waals surface area contributed by atoms with E-state index in [2.05, 4.69) is 43.5 Å². The molecule has 0 aliphatic rings. The zero-order chi connectivity index (χ0) is 9.80. The maximum atomic E-state index is 2.17. The van der Waals surface area contributed by atoms with Gasteiger partial charge in [-0.3, -0.25) is 0 Å². The molecule has 0 aliphatic carbocycles. The third-order valence-corrected chi connectivity index (χ3v) is 2.11. The van der Waals surface area contributed by atoms with Crippen molar-refractivity contribution in [3.8, 4) is 0 Å². The molecule has 1 heteroatoms. The van der Waals surface area contributed by atoms with Crippen LogP contribution in [0.2, 0.25) is 0 Å². The predicted molar refractivity (Wildman–Crippen MR) is 60.8 cm³/mol. The standard InChI is InChI=1S/C13H13N/c1-12-5-4-6-13(11-12)7-10-14-8-2-3-9-14/h2-11H,1H3/b10-7+. The molecule has 0 N–H and O–H groups in total. The van der Waals surface area contributed by atoms with Crippen LogP contribution in [0, 0.1) is 6.92 Å². The van der Waals surface area contributed by atoms with Crippen molar-refractivity contribution >= 4 is 12.3 Å². The minimum absolute atomic E-state index is 1.23. The summed E-state index contributed by atoms with van der Waals surface area (Å²) in [5, 5.41) is 0. The second-order valence-corrected chi connectivity index (χ2v) is 3.36. The highest BCUT2D eigenvalue weighted by Crippen LogP contribution is 2.06. The fourth-order valence-corrected chi connectivity index (χ4v) is 1.39. The van der Waals surface area contributed by atoms with E-state index >= 15 is 0 Å². The Morgan fingerprint density at radius 1 is 1.07 bits per heavy atom. The lowest BCUT2D eigenvalue weighted by atomic mass is 10.1. The van der Waals surface area contributed by atoms with Crippen LogP contribution in [0.15, 0.2) is 48.8 Å². The number of rotatable bonds is 2. The molecule has 0 saturated carbocycles. The number of aromatic nitrogens is 1. The number of hydrogen-bond donors (Lipinski definition) is 0. The first kappa shape index (κ1) is 8.82. The fraction of sp³-hybridized carbons (Fsp3) is 0.0769. The zero-order valence-corrected chi connectivity index (χ0v) is 8.22. The SMILES string of the molecule is Cc1cccc(/C=C/n2cccc2)c1. The molecule has 14 heavy (non-hydrogen) atoms. The molecule has 1 aromatic carbocycles. The monoisotopic (exact) mass is 183 g/mol. The van der Waals surface area contributed by atoms with E-state index in [9.17, 15) is 0 Å². The second kappa shape index (κ2) is 3.97. The van der Waals surface area contributed by atoms with E-state index in [1.54, 1.807) is 0 Å². The van der Waals surface area contributed by atoms with E-state index in [0.717, 1.165) is 0 Å². The first-order valence-electron chi connectivity index (χ1n) is 4.72. The van der Waals surface area contributed by atoms with E-state index in [1.807, 2.05) is 29.1 Å². The van der Waals surface area contributed by atoms with Crippen molar-refractivity contribution < 1.29 is 0 Å². The minimum atomic E-state index is 1.23. The highest BCUT2D eigenvalue weighted by molar-refractivity contribution is 5.60. The van der Waals surface area contributed by atoms with Gasteiger partial charge in [0.1, 0.15) is 0 Å². The van der Waals surface area contributed by atoms with E-state index in [-0.39, 0.29) is 0 Å². The van der Waals surface area contributed by atoms with Gasteiger partial charge in [-0.05, 0) is 30.7 Å². The molecule has 0 radical (unpaired) electrons. The summed E-state index contributed by atoms with van der Waals surface area (Å²) in [5.74, 6) is 0. The molecule has 0 spiro atoms. The van der Waals surface area contributed by atoms with Crippen molar-refractivity contribution in [3.63, 3.8) is 0 Å². The molecular formula is C13H13N. The molecule has 0 unspecified atom stereocenters. The van der Waals surface area contributed by atoms with Crippen molar-refractivity contribution in [2.24, 2.45) is 0 Å². The van der Waals surface area contributed by atoms with Gasteiger partial charge in [0.05, 0.1) is 0 Å². The van der Waals surface area contributed by atoms with E-state index in [1.165, 1.54) is 11.1 Å². The number of aryl methyl sites for hydroxylation is 1. The topological polar surface area (TPSA) is 4.93 Å². The van der Waals surface area contributed by atoms with Gasteiger partial charge in [0, 0.05) is 18.6 Å². The van der Waals surface area contributed by atoms with Crippen LogP contribution in [-0.2, 0) is 0 Å². The highest BCUT2D eigenvalue weighted by Gasteiger charge is 1.86. The van der Waals surface area contributed by atoms with Crippen LogP contribution in [0.5, 0.6) is 0 Å². The van der Waals surface area contributed by atoms with Crippen molar-refractivity contribution in [3.05, 3.63) is 59.9 Å². The Balaban J connectivity index is 2.18. The summed E-state index contributed by atoms with van der Waals surface area (Å²) in [5.41, 5.74) is 2.53. The molecule has 0 bridgehead atoms. The van der Waals surface area contributed by atoms with Gasteiger partial charge in [0.15, 0.2) is 0 Å². The molecule has 0 saturated heterocycles. The first-order valence-corrected chi connectivity index (χ1v) is 4.72. The van der Waals surface area contributed by atoms with Gasteiger partial charge in [-0.2, -0.15) is 0 Å². The summed E-state index contributed by atoms with van der Waals surface area (Å²) in [6.07, 6.45) is 8.19. The van der Waals surface area contributed by atoms with Crippen LogP contribution in [0.4, 0.5) is 0 Å². The van der Waals surface area contributed by atoms with Crippen molar-refractivity contribution in [1.82, 2.24) is 4.57 Å². The first-order chi connectivity index (χ1) is 6.84. The average molecular weight is 183 g/mol. The Morgan fingerprint density at radius 3 is 2.57 bits per heavy atom. The molecule has 1 heterocycles. The fourth-order valence-electron chi connectivity index (χ4n) is 1.39. The number of nitrogens with zero attached hydrogens (tertiary/aromatic N) is 1. The zero-order valence-electron chi connectivity index (χ0n) is 8.22. The Bertz CT molecular complexity index is 424. The third kappa shape index (κ3) is 2.13. The second-order valence-electron chi connectivity index (χ2n) is 3.36. The van der Waals surface area contributed by atoms with Crippen LogP contribution < -0.4 is 0 Å². The lowest BCUT2D eigenvalue weighted by molar-refractivity contribution is 1.18. The van der Waals surface area contributed by atoms with Crippen LogP contribution in [0.1, 0.15) is 11.1 Å². The molecular weight excluding hydrogens is 170 g/mol. The molecule has 1 aromatic heterocycles. The maximum Gasteiger partial charge on any atom is 0.00879 e. The maximum absolute atomic E-state index is 2.17. The van der Waals surface area contributed by atoms with Gasteiger partial charge in [0.2, 0.25) is 0 Å². The summed E-state index contributed by atoms with van der Waals surface area (Å²) in [4.78, 5) is 0. The summed E-state index contributed by atoms with van der Waals surface area (Å²) in [7, 11) is 0. The van der Waals surface area contributed by atoms with Gasteiger partial charge in [-0.1, -0.05) is 29.8 Å². The van der Waals surface area contributed by atoms with E-state index in [4.69, 9.17) is 0 Å². The number of benzene rings is 1. The Kier molecular flexibility index (Phi) is 2.50. The van der Waals surface area contributed by atoms with E-state index < -0.39 is 0 Å². The van der Waals surface area contributed by atoms with Gasteiger partial charge in [-0.15, -0.1) is 0 Å². The quantitative estimate of drug-likeness (QED) is 0.672. The molecule has 0 amide bonds. The molecule has 2 rings (SSSR count). The van der Waals surface area contributed by atoms with Crippen LogP contribution >= 0.6 is 0 Å². The van der Waals surface area contributed by atoms with Gasteiger partial charge in [0.25, 0.3) is 0 Å². The van der Waals surface area contributed by atoms with Gasteiger partial charge < -0.3 is 4.57 Å². The van der Waals surface area contributed by atoms with Crippen LogP contribution in [0.25, 0.3) is 12.3 Å². The lowest BCUT2D eigenvalue weighted by Crippen LogP contribution is -1.79. The van der Waals surface area contributed by atoms with Crippen molar-refractivity contribution in [1.29, 1.82) is 0 Å². The summed E-state index contributed by atoms with van der Waals surface area (Å²) in [6, 6.07) is 12.5. The summed E-state index contributed by atoms with van der Waals surface area (Å²) >= 11 is 0. The Labute approximate surface area is 84.3 Å². The third-order valence-electron chi connectivity index (χ3n) is 2.11. The Hall–Kier alpha value is -1.76. The smallest absolute Gasteiger partial charge is 0.00879 e. The molecule has 2 aromatic rings. The largest absolute Gasteiger partial charge is 0.331 e. The Morgan fingerprint density at radius 2 is 1.86 bits per heavy atom. The summed E-state index contributed by atoms with van der Waals surface area (Å²) in [6.45, 7) is 2.10. The number of hydrogen-bond acceptors (Lipinski definition) is 0. The van der Waals surface area contributed by atoms with Crippen LogP contribution in [0.3, 0.4) is 0 Å². The van der Waals surface area contributed by atoms with Crippen LogP contribution in [-0.4, -0.2) is 4.57 Å². The van der Waals surface area contributed by atoms with E-state index in [0.29, 0.717) is 0 Å². The molecule has 70 valence electrons. The minimum Gasteiger partial charge on any atom is -0.331 e. The lowest BCUT2D eigenvalue weighted by Gasteiger charge is -1.96. The van der Waals surface area contributed by atoms with Gasteiger partial charge >= 0.3 is 0 Å². The van der Waals surface area contributed by atoms with Gasteiger partial charge in [-0.25, -0.2) is 0 Å². The normalized spacial score (nSPS) is 10.9. The average Bonchev–Trinajstić information content (AvgIpc) is 2.67. The van der Waals surface area contributed by atoms with Crippen molar-refractivity contribution in [2.75, 3.05) is 0 Å². The summed E-state index contributed by atoms with van der Waals surface area (Å²) < 4.78 is 2.03. The molecule has 0 aliphatic heterocycles. The molecule has 0 atom stereocenters. The molecule has 1 nitrogen and oxygen atoms in total.